The van der Waals surface area contributed by atoms with Crippen LogP contribution < -0.4 is 5.90 Å². The van der Waals surface area contributed by atoms with Crippen LogP contribution in [0.2, 0.25) is 0 Å². The molecule has 0 fully saturated rings. The first kappa shape index (κ1) is 13.0. The lowest BCUT2D eigenvalue weighted by Crippen LogP contribution is -2.15. The molecule has 1 heterocycles. The molecule has 0 aliphatic heterocycles. The molecule has 5 nitrogen and oxygen atoms in total. The lowest BCUT2D eigenvalue weighted by molar-refractivity contribution is 0.135. The Morgan fingerprint density at radius 2 is 2.28 bits per heavy atom. The molecule has 0 amide bonds. The number of fused-ring (bicyclic) bond motifs is 1. The average molecular weight is 249 g/mol. The molecule has 1 aliphatic rings. The molecule has 2 rings (SSSR count). The zero-order chi connectivity index (χ0) is 12.8. The summed E-state index contributed by atoms with van der Waals surface area (Å²) >= 11 is 0. The Balaban J connectivity index is 2.17. The van der Waals surface area contributed by atoms with E-state index in [0.29, 0.717) is 6.61 Å². The smallest absolute Gasteiger partial charge is 0.106 e. The second kappa shape index (κ2) is 6.47. The standard InChI is InChI=1S/C13H19N3O2/c1-17-16-12-6-2-4-10-7-8-11(15-13(10)12)5-3-9-18-14/h7-8H,2-6,9,14H2,1H3. The first-order chi connectivity index (χ1) is 8.85. The van der Waals surface area contributed by atoms with Crippen molar-refractivity contribution in [2.75, 3.05) is 13.7 Å². The molecule has 0 atom stereocenters. The van der Waals surface area contributed by atoms with E-state index in [2.05, 4.69) is 27.1 Å². The molecule has 0 spiro atoms. The van der Waals surface area contributed by atoms with Crippen LogP contribution in [-0.2, 0) is 22.5 Å². The first-order valence-corrected chi connectivity index (χ1v) is 6.26. The second-order valence-electron chi connectivity index (χ2n) is 4.36. The van der Waals surface area contributed by atoms with E-state index in [1.54, 1.807) is 7.11 Å². The normalized spacial score (nSPS) is 16.7. The number of aromatic nitrogens is 1. The Labute approximate surface area is 107 Å². The molecule has 0 saturated carbocycles. The predicted octanol–water partition coefficient (Wildman–Crippen LogP) is 1.59. The van der Waals surface area contributed by atoms with E-state index in [1.165, 1.54) is 5.56 Å². The minimum atomic E-state index is 0.553. The third-order valence-electron chi connectivity index (χ3n) is 3.07. The van der Waals surface area contributed by atoms with Gasteiger partial charge in [0.25, 0.3) is 0 Å². The molecule has 0 aromatic carbocycles. The molecule has 1 aromatic heterocycles. The van der Waals surface area contributed by atoms with Crippen LogP contribution in [-0.4, -0.2) is 24.4 Å². The van der Waals surface area contributed by atoms with Crippen LogP contribution in [0, 0.1) is 0 Å². The lowest BCUT2D eigenvalue weighted by atomic mass is 9.94. The number of rotatable bonds is 5. The van der Waals surface area contributed by atoms with E-state index in [4.69, 9.17) is 10.7 Å². The number of nitrogens with zero attached hydrogens (tertiary/aromatic N) is 2. The Bertz CT molecular complexity index is 432. The summed E-state index contributed by atoms with van der Waals surface area (Å²) in [5, 5.41) is 4.07. The SMILES string of the molecule is CON=C1CCCc2ccc(CCCON)nc21. The maximum atomic E-state index is 5.01. The van der Waals surface area contributed by atoms with Crippen LogP contribution in [0.15, 0.2) is 17.3 Å². The number of hydrogen-bond donors (Lipinski definition) is 1. The van der Waals surface area contributed by atoms with Crippen LogP contribution >= 0.6 is 0 Å². The highest BCUT2D eigenvalue weighted by atomic mass is 16.6. The third kappa shape index (κ3) is 3.05. The highest BCUT2D eigenvalue weighted by molar-refractivity contribution is 6.00. The van der Waals surface area contributed by atoms with Crippen LogP contribution in [0.5, 0.6) is 0 Å². The molecule has 0 bridgehead atoms. The topological polar surface area (TPSA) is 69.7 Å². The summed E-state index contributed by atoms with van der Waals surface area (Å²) in [7, 11) is 1.57. The van der Waals surface area contributed by atoms with E-state index in [1.807, 2.05) is 0 Å². The van der Waals surface area contributed by atoms with Gasteiger partial charge in [0, 0.05) is 5.69 Å². The van der Waals surface area contributed by atoms with Gasteiger partial charge in [0.1, 0.15) is 12.8 Å². The van der Waals surface area contributed by atoms with E-state index >= 15 is 0 Å². The molecular formula is C13H19N3O2. The molecule has 0 saturated heterocycles. The number of oxime groups is 1. The summed E-state index contributed by atoms with van der Waals surface area (Å²) in [6.07, 6.45) is 4.85. The van der Waals surface area contributed by atoms with Gasteiger partial charge >= 0.3 is 0 Å². The van der Waals surface area contributed by atoms with Gasteiger partial charge in [0.05, 0.1) is 12.3 Å². The fourth-order valence-corrected chi connectivity index (χ4v) is 2.22. The predicted molar refractivity (Wildman–Crippen MR) is 69.2 cm³/mol. The van der Waals surface area contributed by atoms with E-state index in [-0.39, 0.29) is 0 Å². The minimum absolute atomic E-state index is 0.553. The summed E-state index contributed by atoms with van der Waals surface area (Å²) < 4.78 is 0. The summed E-state index contributed by atoms with van der Waals surface area (Å²) in [5.74, 6) is 5.01. The van der Waals surface area contributed by atoms with Gasteiger partial charge in [-0.25, -0.2) is 5.90 Å². The minimum Gasteiger partial charge on any atom is -0.399 e. The van der Waals surface area contributed by atoms with Gasteiger partial charge in [-0.05, 0) is 43.7 Å². The van der Waals surface area contributed by atoms with Gasteiger partial charge in [-0.2, -0.15) is 0 Å². The van der Waals surface area contributed by atoms with Crippen molar-refractivity contribution >= 4 is 5.71 Å². The maximum absolute atomic E-state index is 5.01. The lowest BCUT2D eigenvalue weighted by Gasteiger charge is -2.17. The zero-order valence-electron chi connectivity index (χ0n) is 10.7. The van der Waals surface area contributed by atoms with Crippen molar-refractivity contribution in [3.63, 3.8) is 0 Å². The molecule has 1 aromatic rings. The Hall–Kier alpha value is -1.46. The average Bonchev–Trinajstić information content (AvgIpc) is 2.40. The van der Waals surface area contributed by atoms with Crippen molar-refractivity contribution in [3.05, 3.63) is 29.1 Å². The van der Waals surface area contributed by atoms with Crippen molar-refractivity contribution in [2.24, 2.45) is 11.1 Å². The highest BCUT2D eigenvalue weighted by Gasteiger charge is 2.18. The number of pyridine rings is 1. The molecular weight excluding hydrogens is 230 g/mol. The Morgan fingerprint density at radius 1 is 1.39 bits per heavy atom. The van der Waals surface area contributed by atoms with Crippen molar-refractivity contribution in [3.8, 4) is 0 Å². The number of nitrogens with two attached hydrogens (primary N) is 1. The molecule has 5 heteroatoms. The van der Waals surface area contributed by atoms with Crippen LogP contribution in [0.4, 0.5) is 0 Å². The fraction of sp³-hybridized carbons (Fsp3) is 0.538. The first-order valence-electron chi connectivity index (χ1n) is 6.26. The monoisotopic (exact) mass is 249 g/mol. The largest absolute Gasteiger partial charge is 0.399 e. The van der Waals surface area contributed by atoms with Crippen LogP contribution in [0.1, 0.15) is 36.2 Å². The summed E-state index contributed by atoms with van der Waals surface area (Å²) in [4.78, 5) is 14.1. The Morgan fingerprint density at radius 3 is 3.06 bits per heavy atom. The quantitative estimate of drug-likeness (QED) is 0.635. The zero-order valence-corrected chi connectivity index (χ0v) is 10.7. The van der Waals surface area contributed by atoms with Gasteiger partial charge in [-0.3, -0.25) is 4.98 Å². The van der Waals surface area contributed by atoms with Gasteiger partial charge < -0.3 is 9.68 Å². The van der Waals surface area contributed by atoms with Gasteiger partial charge in [0.15, 0.2) is 0 Å². The summed E-state index contributed by atoms with van der Waals surface area (Å²) in [6.45, 7) is 0.553. The third-order valence-corrected chi connectivity index (χ3v) is 3.07. The van der Waals surface area contributed by atoms with Crippen molar-refractivity contribution in [1.82, 2.24) is 4.98 Å². The summed E-state index contributed by atoms with van der Waals surface area (Å²) in [6, 6.07) is 4.22. The number of hydrogen-bond acceptors (Lipinski definition) is 5. The van der Waals surface area contributed by atoms with Crippen LogP contribution in [0.25, 0.3) is 0 Å². The highest BCUT2D eigenvalue weighted by Crippen LogP contribution is 2.21. The molecule has 98 valence electrons. The van der Waals surface area contributed by atoms with E-state index in [0.717, 1.165) is 49.2 Å². The van der Waals surface area contributed by atoms with Gasteiger partial charge in [-0.15, -0.1) is 0 Å². The van der Waals surface area contributed by atoms with E-state index < -0.39 is 0 Å². The maximum Gasteiger partial charge on any atom is 0.106 e. The molecule has 0 radical (unpaired) electrons. The fourth-order valence-electron chi connectivity index (χ4n) is 2.22. The Kier molecular flexibility index (Phi) is 4.66. The summed E-state index contributed by atoms with van der Waals surface area (Å²) in [5.41, 5.74) is 4.26. The van der Waals surface area contributed by atoms with Gasteiger partial charge in [0.2, 0.25) is 0 Å². The van der Waals surface area contributed by atoms with Crippen LogP contribution in [0.3, 0.4) is 0 Å². The second-order valence-corrected chi connectivity index (χ2v) is 4.36. The van der Waals surface area contributed by atoms with Crippen molar-refractivity contribution < 1.29 is 9.68 Å². The van der Waals surface area contributed by atoms with E-state index in [9.17, 15) is 0 Å². The van der Waals surface area contributed by atoms with Crippen molar-refractivity contribution in [2.45, 2.75) is 32.1 Å². The van der Waals surface area contributed by atoms with Gasteiger partial charge in [-0.1, -0.05) is 11.2 Å². The van der Waals surface area contributed by atoms with Crippen molar-refractivity contribution in [1.29, 1.82) is 0 Å². The molecule has 0 unspecified atom stereocenters. The molecule has 18 heavy (non-hydrogen) atoms. The number of aryl methyl sites for hydroxylation is 2. The molecule has 2 N–H and O–H groups in total. The molecule has 1 aliphatic carbocycles.